The highest BCUT2D eigenvalue weighted by molar-refractivity contribution is 8.00. The van der Waals surface area contributed by atoms with Crippen molar-refractivity contribution in [1.29, 1.82) is 0 Å². The van der Waals surface area contributed by atoms with E-state index < -0.39 is 0 Å². The lowest BCUT2D eigenvalue weighted by atomic mass is 10.3. The number of thioether (sulfide) groups is 1. The van der Waals surface area contributed by atoms with Crippen LogP contribution in [0.15, 0.2) is 29.0 Å². The Labute approximate surface area is 89.8 Å². The summed E-state index contributed by atoms with van der Waals surface area (Å²) >= 11 is 3.05. The highest BCUT2D eigenvalue weighted by atomic mass is 32.2. The third-order valence-electron chi connectivity index (χ3n) is 1.55. The van der Waals surface area contributed by atoms with Gasteiger partial charge in [-0.2, -0.15) is 4.37 Å². The van der Waals surface area contributed by atoms with E-state index in [4.69, 9.17) is 5.73 Å². The Morgan fingerprint density at radius 2 is 2.29 bits per heavy atom. The van der Waals surface area contributed by atoms with Crippen molar-refractivity contribution in [2.75, 3.05) is 5.73 Å². The summed E-state index contributed by atoms with van der Waals surface area (Å²) in [7, 11) is 0. The summed E-state index contributed by atoms with van der Waals surface area (Å²) in [6.45, 7) is 0. The van der Waals surface area contributed by atoms with Crippen molar-refractivity contribution < 1.29 is 0 Å². The van der Waals surface area contributed by atoms with Crippen molar-refractivity contribution in [3.63, 3.8) is 0 Å². The second-order valence-electron chi connectivity index (χ2n) is 2.59. The van der Waals surface area contributed by atoms with Gasteiger partial charge in [0.1, 0.15) is 12.1 Å². The summed E-state index contributed by atoms with van der Waals surface area (Å²) in [6, 6.07) is 3.77. The third kappa shape index (κ3) is 2.43. The zero-order valence-corrected chi connectivity index (χ0v) is 8.88. The van der Waals surface area contributed by atoms with E-state index in [1.54, 1.807) is 30.4 Å². The lowest BCUT2D eigenvalue weighted by Crippen LogP contribution is -1.90. The summed E-state index contributed by atoms with van der Waals surface area (Å²) in [4.78, 5) is 8.08. The Morgan fingerprint density at radius 1 is 1.36 bits per heavy atom. The minimum atomic E-state index is 0.551. The zero-order valence-electron chi connectivity index (χ0n) is 7.25. The Balaban J connectivity index is 1.95. The van der Waals surface area contributed by atoms with Crippen LogP contribution in [-0.4, -0.2) is 14.3 Å². The Kier molecular flexibility index (Phi) is 2.95. The molecular weight excluding hydrogens is 216 g/mol. The molecule has 0 aliphatic heterocycles. The van der Waals surface area contributed by atoms with Crippen molar-refractivity contribution in [1.82, 2.24) is 14.3 Å². The van der Waals surface area contributed by atoms with Gasteiger partial charge in [-0.05, 0) is 23.2 Å². The number of pyridine rings is 1. The topological polar surface area (TPSA) is 64.7 Å². The predicted molar refractivity (Wildman–Crippen MR) is 58.1 cm³/mol. The maximum Gasteiger partial charge on any atom is 0.170 e. The molecule has 2 heterocycles. The molecule has 2 aromatic rings. The normalized spacial score (nSPS) is 10.3. The first kappa shape index (κ1) is 9.42. The number of nitrogens with zero attached hydrogens (tertiary/aromatic N) is 3. The van der Waals surface area contributed by atoms with Gasteiger partial charge in [0.15, 0.2) is 4.34 Å². The van der Waals surface area contributed by atoms with Gasteiger partial charge in [-0.3, -0.25) is 0 Å². The summed E-state index contributed by atoms with van der Waals surface area (Å²) in [5.41, 5.74) is 6.62. The predicted octanol–water partition coefficient (Wildman–Crippen LogP) is 1.81. The fourth-order valence-corrected chi connectivity index (χ4v) is 2.27. The first-order chi connectivity index (χ1) is 6.84. The monoisotopic (exact) mass is 224 g/mol. The van der Waals surface area contributed by atoms with Gasteiger partial charge in [0.05, 0.1) is 0 Å². The highest BCUT2D eigenvalue weighted by Crippen LogP contribution is 2.22. The van der Waals surface area contributed by atoms with Gasteiger partial charge < -0.3 is 5.73 Å². The maximum absolute atomic E-state index is 5.48. The van der Waals surface area contributed by atoms with Gasteiger partial charge in [0, 0.05) is 11.9 Å². The van der Waals surface area contributed by atoms with Gasteiger partial charge in [0.25, 0.3) is 0 Å². The number of hydrogen-bond donors (Lipinski definition) is 1. The van der Waals surface area contributed by atoms with E-state index in [9.17, 15) is 0 Å². The fourth-order valence-electron chi connectivity index (χ4n) is 0.893. The maximum atomic E-state index is 5.48. The van der Waals surface area contributed by atoms with Crippen LogP contribution in [0.25, 0.3) is 0 Å². The number of rotatable bonds is 3. The van der Waals surface area contributed by atoms with E-state index in [1.807, 2.05) is 6.07 Å². The number of nitrogen functional groups attached to an aromatic ring is 1. The molecule has 0 spiro atoms. The van der Waals surface area contributed by atoms with E-state index >= 15 is 0 Å². The molecule has 0 aliphatic rings. The lowest BCUT2D eigenvalue weighted by Gasteiger charge is -1.98. The molecular formula is C8H8N4S2. The smallest absolute Gasteiger partial charge is 0.170 e. The minimum absolute atomic E-state index is 0.551. The Morgan fingerprint density at radius 3 is 2.93 bits per heavy atom. The van der Waals surface area contributed by atoms with Crippen molar-refractivity contribution in [2.45, 2.75) is 10.1 Å². The fraction of sp³-hybridized carbons (Fsp3) is 0.125. The van der Waals surface area contributed by atoms with E-state index in [0.29, 0.717) is 5.82 Å². The summed E-state index contributed by atoms with van der Waals surface area (Å²) in [5, 5.41) is 0. The molecule has 72 valence electrons. The molecule has 0 aliphatic carbocycles. The van der Waals surface area contributed by atoms with Crippen LogP contribution in [0, 0.1) is 0 Å². The van der Waals surface area contributed by atoms with Crippen LogP contribution in [0.1, 0.15) is 5.56 Å². The van der Waals surface area contributed by atoms with Gasteiger partial charge in [-0.15, -0.1) is 0 Å². The van der Waals surface area contributed by atoms with Crippen molar-refractivity contribution in [3.8, 4) is 0 Å². The van der Waals surface area contributed by atoms with Crippen LogP contribution in [0.5, 0.6) is 0 Å². The van der Waals surface area contributed by atoms with Crippen LogP contribution < -0.4 is 5.73 Å². The molecule has 0 fully saturated rings. The van der Waals surface area contributed by atoms with Gasteiger partial charge in [-0.1, -0.05) is 17.8 Å². The second-order valence-corrected chi connectivity index (χ2v) is 4.59. The number of aromatic nitrogens is 3. The highest BCUT2D eigenvalue weighted by Gasteiger charge is 1.99. The molecule has 0 atom stereocenters. The SMILES string of the molecule is Nc1ccc(CSc2ncns2)cn1. The van der Waals surface area contributed by atoms with E-state index in [2.05, 4.69) is 14.3 Å². The largest absolute Gasteiger partial charge is 0.384 e. The third-order valence-corrected chi connectivity index (χ3v) is 3.42. The van der Waals surface area contributed by atoms with Crippen molar-refractivity contribution >= 4 is 29.1 Å². The first-order valence-electron chi connectivity index (χ1n) is 3.94. The molecule has 0 unspecified atom stereocenters. The molecule has 2 rings (SSSR count). The average Bonchev–Trinajstić information content (AvgIpc) is 2.70. The molecule has 0 saturated carbocycles. The number of hydrogen-bond acceptors (Lipinski definition) is 6. The zero-order chi connectivity index (χ0) is 9.80. The van der Waals surface area contributed by atoms with E-state index in [-0.39, 0.29) is 0 Å². The number of nitrogens with two attached hydrogens (primary N) is 1. The molecule has 4 nitrogen and oxygen atoms in total. The van der Waals surface area contributed by atoms with Crippen molar-refractivity contribution in [3.05, 3.63) is 30.2 Å². The van der Waals surface area contributed by atoms with E-state index in [0.717, 1.165) is 15.7 Å². The van der Waals surface area contributed by atoms with E-state index in [1.165, 1.54) is 11.5 Å². The average molecular weight is 224 g/mol. The quantitative estimate of drug-likeness (QED) is 0.805. The van der Waals surface area contributed by atoms with Crippen LogP contribution in [0.4, 0.5) is 5.82 Å². The second kappa shape index (κ2) is 4.39. The van der Waals surface area contributed by atoms with Crippen molar-refractivity contribution in [2.24, 2.45) is 0 Å². The minimum Gasteiger partial charge on any atom is -0.384 e. The molecule has 0 bridgehead atoms. The first-order valence-corrected chi connectivity index (χ1v) is 5.70. The standard InChI is InChI=1S/C8H8N4S2/c9-7-2-1-6(3-10-7)4-13-8-11-5-12-14-8/h1-3,5H,4H2,(H2,9,10). The van der Waals surface area contributed by atoms with Gasteiger partial charge in [-0.25, -0.2) is 9.97 Å². The van der Waals surface area contributed by atoms with Gasteiger partial charge in [0.2, 0.25) is 0 Å². The van der Waals surface area contributed by atoms with Crippen LogP contribution in [0.2, 0.25) is 0 Å². The van der Waals surface area contributed by atoms with Crippen LogP contribution in [-0.2, 0) is 5.75 Å². The summed E-state index contributed by atoms with van der Waals surface area (Å²) in [6.07, 6.45) is 3.34. The number of anilines is 1. The molecule has 14 heavy (non-hydrogen) atoms. The molecule has 2 N–H and O–H groups in total. The molecule has 0 radical (unpaired) electrons. The molecule has 0 saturated heterocycles. The van der Waals surface area contributed by atoms with Crippen LogP contribution in [0.3, 0.4) is 0 Å². The van der Waals surface area contributed by atoms with Gasteiger partial charge >= 0.3 is 0 Å². The molecule has 2 aromatic heterocycles. The van der Waals surface area contributed by atoms with Crippen LogP contribution >= 0.6 is 23.3 Å². The molecule has 0 aromatic carbocycles. The molecule has 0 amide bonds. The lowest BCUT2D eigenvalue weighted by molar-refractivity contribution is 1.20. The molecule has 6 heteroatoms. The summed E-state index contributed by atoms with van der Waals surface area (Å²) < 4.78 is 4.90. The Hall–Kier alpha value is -1.14. The Bertz CT molecular complexity index is 384. The summed E-state index contributed by atoms with van der Waals surface area (Å²) in [5.74, 6) is 1.40.